The molecule has 0 fully saturated rings. The Hall–Kier alpha value is -4.59. The Morgan fingerprint density at radius 2 is 1.74 bits per heavy atom. The van der Waals surface area contributed by atoms with E-state index in [1.807, 2.05) is 59.3 Å². The molecule has 0 amide bonds. The van der Waals surface area contributed by atoms with Gasteiger partial charge in [-0.3, -0.25) is 0 Å². The average molecular weight is 455 g/mol. The maximum absolute atomic E-state index is 12.4. The number of fused-ring (bicyclic) bond motifs is 1. The molecule has 1 aliphatic heterocycles. The van der Waals surface area contributed by atoms with E-state index in [0.717, 1.165) is 16.9 Å². The number of pyridine rings is 1. The van der Waals surface area contributed by atoms with Gasteiger partial charge in [0, 0.05) is 24.0 Å². The average Bonchev–Trinajstić information content (AvgIpc) is 3.46. The Bertz CT molecular complexity index is 1360. The number of carbonyl (C=O) groups is 1. The molecule has 8 heteroatoms. The first-order valence-corrected chi connectivity index (χ1v) is 10.5. The van der Waals surface area contributed by atoms with E-state index in [2.05, 4.69) is 9.98 Å². The summed E-state index contributed by atoms with van der Waals surface area (Å²) in [4.78, 5) is 21.3. The van der Waals surface area contributed by atoms with Gasteiger partial charge >= 0.3 is 5.97 Å². The standard InChI is InChI=1S/C26H21N3O5/c1-31-21-12-18(13-22(14-21)32-2)25-28-23(26(30)34-25)11-17-6-8-20(9-7-17)33-16-19-15-29-10-4-3-5-24(29)27-19/h3-15H,16H2,1-2H3/b23-11-. The highest BCUT2D eigenvalue weighted by Crippen LogP contribution is 2.27. The van der Waals surface area contributed by atoms with Crippen LogP contribution in [0, 0.1) is 0 Å². The fourth-order valence-corrected chi connectivity index (χ4v) is 3.50. The van der Waals surface area contributed by atoms with Gasteiger partial charge in [0.1, 0.15) is 29.5 Å². The largest absolute Gasteiger partial charge is 0.497 e. The van der Waals surface area contributed by atoms with Gasteiger partial charge in [-0.05, 0) is 48.0 Å². The van der Waals surface area contributed by atoms with E-state index in [4.69, 9.17) is 18.9 Å². The molecule has 4 aromatic rings. The fourth-order valence-electron chi connectivity index (χ4n) is 3.50. The van der Waals surface area contributed by atoms with Gasteiger partial charge in [0.05, 0.1) is 19.9 Å². The smallest absolute Gasteiger partial charge is 0.363 e. The number of benzene rings is 2. The number of imidazole rings is 1. The van der Waals surface area contributed by atoms with Crippen LogP contribution in [0.5, 0.6) is 17.2 Å². The predicted octanol–water partition coefficient (Wildman–Crippen LogP) is 4.28. The van der Waals surface area contributed by atoms with Gasteiger partial charge in [0.25, 0.3) is 0 Å². The highest BCUT2D eigenvalue weighted by molar-refractivity contribution is 6.13. The van der Waals surface area contributed by atoms with E-state index in [0.29, 0.717) is 29.4 Å². The molecule has 0 bridgehead atoms. The second-order valence-electron chi connectivity index (χ2n) is 7.49. The molecule has 2 aromatic carbocycles. The van der Waals surface area contributed by atoms with Gasteiger partial charge in [0.15, 0.2) is 5.70 Å². The number of aliphatic imine (C=N–C) groups is 1. The molecule has 8 nitrogen and oxygen atoms in total. The lowest BCUT2D eigenvalue weighted by Crippen LogP contribution is -2.06. The van der Waals surface area contributed by atoms with Crippen molar-refractivity contribution in [3.05, 3.63) is 95.6 Å². The van der Waals surface area contributed by atoms with E-state index < -0.39 is 5.97 Å². The number of rotatable bonds is 7. The van der Waals surface area contributed by atoms with Crippen molar-refractivity contribution in [2.24, 2.45) is 4.99 Å². The summed E-state index contributed by atoms with van der Waals surface area (Å²) in [5, 5.41) is 0. The number of methoxy groups -OCH3 is 2. The molecule has 0 N–H and O–H groups in total. The van der Waals surface area contributed by atoms with Crippen molar-refractivity contribution in [3.8, 4) is 17.2 Å². The minimum absolute atomic E-state index is 0.195. The van der Waals surface area contributed by atoms with Crippen molar-refractivity contribution in [2.45, 2.75) is 6.61 Å². The van der Waals surface area contributed by atoms with Crippen molar-refractivity contribution in [1.29, 1.82) is 0 Å². The van der Waals surface area contributed by atoms with Gasteiger partial charge in [-0.25, -0.2) is 14.8 Å². The van der Waals surface area contributed by atoms with Gasteiger partial charge in [0.2, 0.25) is 5.90 Å². The van der Waals surface area contributed by atoms with Crippen LogP contribution >= 0.6 is 0 Å². The molecule has 0 unspecified atom stereocenters. The van der Waals surface area contributed by atoms with Crippen molar-refractivity contribution in [3.63, 3.8) is 0 Å². The van der Waals surface area contributed by atoms with Crippen LogP contribution < -0.4 is 14.2 Å². The zero-order valence-electron chi connectivity index (χ0n) is 18.6. The molecule has 0 radical (unpaired) electrons. The van der Waals surface area contributed by atoms with E-state index in [1.54, 1.807) is 38.5 Å². The summed E-state index contributed by atoms with van der Waals surface area (Å²) in [6, 6.07) is 18.4. The summed E-state index contributed by atoms with van der Waals surface area (Å²) in [7, 11) is 3.11. The van der Waals surface area contributed by atoms with Gasteiger partial charge in [-0.15, -0.1) is 0 Å². The molecule has 0 saturated heterocycles. The first-order chi connectivity index (χ1) is 16.6. The zero-order valence-corrected chi connectivity index (χ0v) is 18.6. The lowest BCUT2D eigenvalue weighted by atomic mass is 10.2. The summed E-state index contributed by atoms with van der Waals surface area (Å²) >= 11 is 0. The van der Waals surface area contributed by atoms with E-state index >= 15 is 0 Å². The third-order valence-electron chi connectivity index (χ3n) is 5.20. The number of ether oxygens (including phenoxy) is 4. The van der Waals surface area contributed by atoms with Crippen LogP contribution in [-0.4, -0.2) is 35.5 Å². The molecular weight excluding hydrogens is 434 g/mol. The van der Waals surface area contributed by atoms with Gasteiger partial charge < -0.3 is 23.3 Å². The van der Waals surface area contributed by atoms with E-state index in [1.165, 1.54) is 0 Å². The molecule has 34 heavy (non-hydrogen) atoms. The number of hydrogen-bond donors (Lipinski definition) is 0. The van der Waals surface area contributed by atoms with Crippen LogP contribution in [0.25, 0.3) is 11.7 Å². The third-order valence-corrected chi connectivity index (χ3v) is 5.20. The first-order valence-electron chi connectivity index (χ1n) is 10.5. The van der Waals surface area contributed by atoms with Crippen LogP contribution in [0.3, 0.4) is 0 Å². The zero-order chi connectivity index (χ0) is 23.5. The molecule has 2 aromatic heterocycles. The minimum Gasteiger partial charge on any atom is -0.497 e. The van der Waals surface area contributed by atoms with Crippen molar-refractivity contribution in [2.75, 3.05) is 14.2 Å². The fraction of sp³-hybridized carbons (Fsp3) is 0.115. The summed E-state index contributed by atoms with van der Waals surface area (Å²) in [6.45, 7) is 0.353. The highest BCUT2D eigenvalue weighted by atomic mass is 16.6. The van der Waals surface area contributed by atoms with Crippen LogP contribution in [0.15, 0.2) is 83.7 Å². The summed E-state index contributed by atoms with van der Waals surface area (Å²) in [5.41, 5.74) is 3.29. The Kier molecular flexibility index (Phi) is 5.70. The second kappa shape index (κ2) is 9.11. The van der Waals surface area contributed by atoms with Gasteiger partial charge in [-0.1, -0.05) is 18.2 Å². The van der Waals surface area contributed by atoms with Crippen LogP contribution in [0.1, 0.15) is 16.8 Å². The second-order valence-corrected chi connectivity index (χ2v) is 7.49. The normalized spacial score (nSPS) is 14.2. The Morgan fingerprint density at radius 3 is 2.44 bits per heavy atom. The molecule has 0 atom stereocenters. The van der Waals surface area contributed by atoms with E-state index in [9.17, 15) is 4.79 Å². The topological polar surface area (TPSA) is 83.6 Å². The monoisotopic (exact) mass is 455 g/mol. The minimum atomic E-state index is -0.524. The number of aromatic nitrogens is 2. The molecule has 1 aliphatic rings. The maximum Gasteiger partial charge on any atom is 0.363 e. The Labute approximate surface area is 195 Å². The van der Waals surface area contributed by atoms with Crippen LogP contribution in [-0.2, 0) is 16.1 Å². The molecule has 0 saturated carbocycles. The number of carbonyl (C=O) groups excluding carboxylic acids is 1. The van der Waals surface area contributed by atoms with Crippen molar-refractivity contribution in [1.82, 2.24) is 9.38 Å². The lowest BCUT2D eigenvalue weighted by Gasteiger charge is -2.07. The first kappa shape index (κ1) is 21.3. The molecule has 3 heterocycles. The Balaban J connectivity index is 1.29. The summed E-state index contributed by atoms with van der Waals surface area (Å²) in [5.74, 6) is 1.51. The molecular formula is C26H21N3O5. The number of nitrogens with zero attached hydrogens (tertiary/aromatic N) is 3. The van der Waals surface area contributed by atoms with Crippen molar-refractivity contribution >= 4 is 23.6 Å². The molecule has 170 valence electrons. The SMILES string of the molecule is COc1cc(OC)cc(C2=N/C(=C\c3ccc(OCc4cn5ccccc5n4)cc3)C(=O)O2)c1. The Morgan fingerprint density at radius 1 is 0.971 bits per heavy atom. The summed E-state index contributed by atoms with van der Waals surface area (Å²) < 4.78 is 23.7. The number of esters is 1. The molecule has 0 spiro atoms. The van der Waals surface area contributed by atoms with Gasteiger partial charge in [-0.2, -0.15) is 0 Å². The van der Waals surface area contributed by atoms with Crippen molar-refractivity contribution < 1.29 is 23.7 Å². The lowest BCUT2D eigenvalue weighted by molar-refractivity contribution is -0.129. The summed E-state index contributed by atoms with van der Waals surface area (Å²) in [6.07, 6.45) is 5.55. The van der Waals surface area contributed by atoms with Crippen LogP contribution in [0.4, 0.5) is 0 Å². The number of hydrogen-bond acceptors (Lipinski definition) is 7. The molecule has 5 rings (SSSR count). The van der Waals surface area contributed by atoms with Crippen LogP contribution in [0.2, 0.25) is 0 Å². The van der Waals surface area contributed by atoms with E-state index in [-0.39, 0.29) is 11.6 Å². The maximum atomic E-state index is 12.4. The number of cyclic esters (lactones) is 1. The predicted molar refractivity (Wildman–Crippen MR) is 126 cm³/mol. The highest BCUT2D eigenvalue weighted by Gasteiger charge is 2.25. The quantitative estimate of drug-likeness (QED) is 0.306. The third kappa shape index (κ3) is 4.47. The molecule has 0 aliphatic carbocycles.